The number of rotatable bonds is 6. The lowest BCUT2D eigenvalue weighted by molar-refractivity contribution is 0.0340. The fraction of sp³-hybridized carbons (Fsp3) is 0.348. The number of nitrogen functional groups attached to an aromatic ring is 1. The van der Waals surface area contributed by atoms with E-state index < -0.39 is 6.10 Å². The van der Waals surface area contributed by atoms with Crippen LogP contribution in [-0.4, -0.2) is 58.5 Å². The highest BCUT2D eigenvalue weighted by Gasteiger charge is 2.20. The van der Waals surface area contributed by atoms with E-state index in [9.17, 15) is 10.2 Å². The van der Waals surface area contributed by atoms with Crippen molar-refractivity contribution < 1.29 is 14.9 Å². The summed E-state index contributed by atoms with van der Waals surface area (Å²) in [7, 11) is 0. The fourth-order valence-corrected chi connectivity index (χ4v) is 3.90. The Labute approximate surface area is 170 Å². The highest BCUT2D eigenvalue weighted by Crippen LogP contribution is 2.36. The molecule has 1 aliphatic rings. The molecule has 0 spiro atoms. The van der Waals surface area contributed by atoms with E-state index in [1.54, 1.807) is 18.5 Å². The van der Waals surface area contributed by atoms with Gasteiger partial charge in [-0.3, -0.25) is 4.98 Å². The Balaban J connectivity index is 1.50. The molecule has 0 aliphatic carbocycles. The maximum atomic E-state index is 10.4. The Morgan fingerprint density at radius 1 is 1.07 bits per heavy atom. The number of nitrogens with two attached hydrogens (primary N) is 1. The number of anilines is 1. The molecule has 2 heterocycles. The maximum absolute atomic E-state index is 10.4. The van der Waals surface area contributed by atoms with Crippen molar-refractivity contribution in [1.82, 2.24) is 9.88 Å². The third kappa shape index (κ3) is 4.50. The Kier molecular flexibility index (Phi) is 5.94. The molecule has 0 bridgehead atoms. The van der Waals surface area contributed by atoms with Crippen molar-refractivity contribution in [1.29, 1.82) is 0 Å². The van der Waals surface area contributed by atoms with Crippen LogP contribution in [0.1, 0.15) is 12.8 Å². The van der Waals surface area contributed by atoms with Gasteiger partial charge in [-0.1, -0.05) is 24.3 Å². The molecule has 1 aliphatic heterocycles. The van der Waals surface area contributed by atoms with Crippen molar-refractivity contribution in [3.8, 4) is 16.9 Å². The van der Waals surface area contributed by atoms with Crippen LogP contribution in [0.5, 0.6) is 5.75 Å². The van der Waals surface area contributed by atoms with Crippen LogP contribution in [0.2, 0.25) is 0 Å². The summed E-state index contributed by atoms with van der Waals surface area (Å²) in [5, 5.41) is 22.0. The van der Waals surface area contributed by atoms with Gasteiger partial charge in [-0.15, -0.1) is 0 Å². The average molecular weight is 393 g/mol. The van der Waals surface area contributed by atoms with Crippen molar-refractivity contribution in [2.45, 2.75) is 25.0 Å². The summed E-state index contributed by atoms with van der Waals surface area (Å²) in [6.45, 7) is 2.39. The summed E-state index contributed by atoms with van der Waals surface area (Å²) in [5.74, 6) is 0.736. The lowest BCUT2D eigenvalue weighted by Crippen LogP contribution is -2.41. The van der Waals surface area contributed by atoms with E-state index in [2.05, 4.69) is 9.88 Å². The molecule has 1 unspecified atom stereocenters. The number of hydrogen-bond acceptors (Lipinski definition) is 6. The fourth-order valence-electron chi connectivity index (χ4n) is 3.90. The number of pyridine rings is 1. The van der Waals surface area contributed by atoms with E-state index in [4.69, 9.17) is 10.5 Å². The molecular formula is C23H27N3O3. The zero-order valence-electron chi connectivity index (χ0n) is 16.4. The molecule has 0 amide bonds. The van der Waals surface area contributed by atoms with Gasteiger partial charge in [0.05, 0.1) is 6.10 Å². The SMILES string of the molecule is Nc1ccncc1-c1ccc(OCC(O)CN2CCC(O)CC2)c2ccccc12. The van der Waals surface area contributed by atoms with E-state index in [-0.39, 0.29) is 12.7 Å². The summed E-state index contributed by atoms with van der Waals surface area (Å²) in [4.78, 5) is 6.38. The molecule has 0 saturated carbocycles. The first kappa shape index (κ1) is 19.6. The molecule has 1 aromatic heterocycles. The molecule has 152 valence electrons. The van der Waals surface area contributed by atoms with Gasteiger partial charge in [0.25, 0.3) is 0 Å². The summed E-state index contributed by atoms with van der Waals surface area (Å²) in [6, 6.07) is 13.7. The second kappa shape index (κ2) is 8.78. The van der Waals surface area contributed by atoms with Gasteiger partial charge in [-0.2, -0.15) is 0 Å². The summed E-state index contributed by atoms with van der Waals surface area (Å²) in [5.41, 5.74) is 8.73. The van der Waals surface area contributed by atoms with Crippen LogP contribution >= 0.6 is 0 Å². The first-order chi connectivity index (χ1) is 14.1. The monoisotopic (exact) mass is 393 g/mol. The van der Waals surface area contributed by atoms with Gasteiger partial charge in [-0.05, 0) is 42.0 Å². The normalized spacial score (nSPS) is 16.8. The number of benzene rings is 2. The standard InChI is InChI=1S/C23H27N3O3/c24-22-7-10-25-13-21(22)19-5-6-23(20-4-2-1-3-18(19)20)29-15-17(28)14-26-11-8-16(27)9-12-26/h1-7,10,13,16-17,27-28H,8-9,11-12,14-15H2,(H2,24,25). The quantitative estimate of drug-likeness (QED) is 0.596. The molecule has 6 heteroatoms. The minimum absolute atomic E-state index is 0.210. The van der Waals surface area contributed by atoms with Crippen LogP contribution in [0.15, 0.2) is 54.9 Å². The Morgan fingerprint density at radius 2 is 1.83 bits per heavy atom. The lowest BCUT2D eigenvalue weighted by Gasteiger charge is -2.30. The number of aliphatic hydroxyl groups is 2. The van der Waals surface area contributed by atoms with Crippen molar-refractivity contribution in [3.63, 3.8) is 0 Å². The maximum Gasteiger partial charge on any atom is 0.127 e. The molecule has 1 fully saturated rings. The highest BCUT2D eigenvalue weighted by molar-refractivity contribution is 6.01. The summed E-state index contributed by atoms with van der Waals surface area (Å²) < 4.78 is 5.99. The van der Waals surface area contributed by atoms with Crippen LogP contribution in [0, 0.1) is 0 Å². The van der Waals surface area contributed by atoms with Crippen LogP contribution in [0.3, 0.4) is 0 Å². The minimum Gasteiger partial charge on any atom is -0.490 e. The number of piperidine rings is 1. The molecule has 29 heavy (non-hydrogen) atoms. The second-order valence-corrected chi connectivity index (χ2v) is 7.62. The smallest absolute Gasteiger partial charge is 0.127 e. The molecule has 3 aromatic rings. The van der Waals surface area contributed by atoms with Crippen molar-refractivity contribution in [2.75, 3.05) is 32.0 Å². The van der Waals surface area contributed by atoms with E-state index in [0.29, 0.717) is 12.2 Å². The number of aromatic nitrogens is 1. The minimum atomic E-state index is -0.586. The predicted molar refractivity (Wildman–Crippen MR) is 115 cm³/mol. The van der Waals surface area contributed by atoms with Crippen molar-refractivity contribution in [3.05, 3.63) is 54.9 Å². The molecule has 4 N–H and O–H groups in total. The molecule has 1 atom stereocenters. The predicted octanol–water partition coefficient (Wildman–Crippen LogP) is 2.68. The van der Waals surface area contributed by atoms with Gasteiger partial charge < -0.3 is 25.6 Å². The number of nitrogens with zero attached hydrogens (tertiary/aromatic N) is 2. The van der Waals surface area contributed by atoms with E-state index in [0.717, 1.165) is 53.6 Å². The third-order valence-corrected chi connectivity index (χ3v) is 5.49. The summed E-state index contributed by atoms with van der Waals surface area (Å²) in [6.07, 6.45) is 4.18. The topological polar surface area (TPSA) is 91.8 Å². The zero-order valence-corrected chi connectivity index (χ0v) is 16.4. The Hall–Kier alpha value is -2.67. The largest absolute Gasteiger partial charge is 0.490 e. The number of β-amino-alcohol motifs (C(OH)–C–C–N with tert-alkyl or cyclic N) is 1. The van der Waals surface area contributed by atoms with Crippen LogP contribution in [0.4, 0.5) is 5.69 Å². The molecule has 2 aromatic carbocycles. The van der Waals surface area contributed by atoms with Gasteiger partial charge in [0.1, 0.15) is 18.5 Å². The zero-order chi connectivity index (χ0) is 20.2. The number of likely N-dealkylation sites (tertiary alicyclic amines) is 1. The van der Waals surface area contributed by atoms with Gasteiger partial charge >= 0.3 is 0 Å². The van der Waals surface area contributed by atoms with Crippen LogP contribution in [0.25, 0.3) is 21.9 Å². The van der Waals surface area contributed by atoms with Gasteiger partial charge in [-0.25, -0.2) is 0 Å². The van der Waals surface area contributed by atoms with Crippen LogP contribution in [-0.2, 0) is 0 Å². The molecule has 1 saturated heterocycles. The third-order valence-electron chi connectivity index (χ3n) is 5.49. The van der Waals surface area contributed by atoms with E-state index >= 15 is 0 Å². The Morgan fingerprint density at radius 3 is 2.59 bits per heavy atom. The first-order valence-electron chi connectivity index (χ1n) is 10.0. The van der Waals surface area contributed by atoms with E-state index in [1.165, 1.54) is 0 Å². The number of hydrogen-bond donors (Lipinski definition) is 3. The van der Waals surface area contributed by atoms with Crippen molar-refractivity contribution >= 4 is 16.5 Å². The van der Waals surface area contributed by atoms with Gasteiger partial charge in [0.15, 0.2) is 0 Å². The average Bonchev–Trinajstić information content (AvgIpc) is 2.74. The van der Waals surface area contributed by atoms with Gasteiger partial charge in [0.2, 0.25) is 0 Å². The van der Waals surface area contributed by atoms with Crippen molar-refractivity contribution in [2.24, 2.45) is 0 Å². The Bertz CT molecular complexity index is 970. The highest BCUT2D eigenvalue weighted by atomic mass is 16.5. The number of aliphatic hydroxyl groups excluding tert-OH is 2. The first-order valence-corrected chi connectivity index (χ1v) is 10.0. The number of fused-ring (bicyclic) bond motifs is 1. The molecule has 6 nitrogen and oxygen atoms in total. The lowest BCUT2D eigenvalue weighted by atomic mass is 9.98. The molecule has 4 rings (SSSR count). The molecule has 0 radical (unpaired) electrons. The number of ether oxygens (including phenoxy) is 1. The second-order valence-electron chi connectivity index (χ2n) is 7.62. The summed E-state index contributed by atoms with van der Waals surface area (Å²) >= 11 is 0. The van der Waals surface area contributed by atoms with E-state index in [1.807, 2.05) is 36.4 Å². The van der Waals surface area contributed by atoms with Crippen LogP contribution < -0.4 is 10.5 Å². The van der Waals surface area contributed by atoms with Gasteiger partial charge in [0, 0.05) is 48.7 Å². The molecular weight excluding hydrogens is 366 g/mol.